The van der Waals surface area contributed by atoms with Gasteiger partial charge in [-0.1, -0.05) is 35.0 Å². The summed E-state index contributed by atoms with van der Waals surface area (Å²) in [6, 6.07) is 7.44. The zero-order chi connectivity index (χ0) is 15.2. The van der Waals surface area contributed by atoms with Gasteiger partial charge in [0, 0.05) is 23.6 Å². The summed E-state index contributed by atoms with van der Waals surface area (Å²) in [6.45, 7) is 7.88. The van der Waals surface area contributed by atoms with Crippen LogP contribution in [0.1, 0.15) is 30.9 Å². The van der Waals surface area contributed by atoms with Crippen molar-refractivity contribution in [2.45, 2.75) is 38.9 Å². The summed E-state index contributed by atoms with van der Waals surface area (Å²) in [7, 11) is 4.25. The van der Waals surface area contributed by atoms with E-state index in [1.807, 2.05) is 7.05 Å². The minimum absolute atomic E-state index is 0.719. The van der Waals surface area contributed by atoms with Gasteiger partial charge in [-0.2, -0.15) is 0 Å². The monoisotopic (exact) mass is 353 g/mol. The molecule has 1 aliphatic rings. The first kappa shape index (κ1) is 16.9. The molecule has 1 aromatic carbocycles. The molecule has 21 heavy (non-hydrogen) atoms. The van der Waals surface area contributed by atoms with E-state index in [1.54, 1.807) is 0 Å². The van der Waals surface area contributed by atoms with E-state index in [2.05, 4.69) is 63.2 Å². The molecule has 0 atom stereocenters. The molecule has 1 saturated heterocycles. The second-order valence-electron chi connectivity index (χ2n) is 6.04. The zero-order valence-corrected chi connectivity index (χ0v) is 15.1. The summed E-state index contributed by atoms with van der Waals surface area (Å²) in [5.41, 5.74) is 2.71. The second kappa shape index (κ2) is 8.28. The number of nitrogens with one attached hydrogen (secondary N) is 1. The summed E-state index contributed by atoms with van der Waals surface area (Å²) in [6.07, 6.45) is 2.58. The lowest BCUT2D eigenvalue weighted by Gasteiger charge is -2.36. The highest BCUT2D eigenvalue weighted by Crippen LogP contribution is 2.23. The van der Waals surface area contributed by atoms with Crippen molar-refractivity contribution >= 4 is 15.9 Å². The van der Waals surface area contributed by atoms with Crippen LogP contribution in [0.4, 0.5) is 0 Å². The van der Waals surface area contributed by atoms with Gasteiger partial charge in [0.1, 0.15) is 0 Å². The quantitative estimate of drug-likeness (QED) is 0.847. The number of benzene rings is 1. The van der Waals surface area contributed by atoms with Crippen molar-refractivity contribution in [3.8, 4) is 0 Å². The third kappa shape index (κ3) is 4.78. The molecule has 1 aromatic rings. The molecule has 0 unspecified atom stereocenters. The number of hydrogen-bond acceptors (Lipinski definition) is 3. The highest BCUT2D eigenvalue weighted by molar-refractivity contribution is 9.10. The van der Waals surface area contributed by atoms with Crippen LogP contribution in [-0.2, 0) is 13.1 Å². The molecule has 0 aromatic heterocycles. The normalized spacial score (nSPS) is 17.6. The molecule has 0 saturated carbocycles. The summed E-state index contributed by atoms with van der Waals surface area (Å²) >= 11 is 3.73. The van der Waals surface area contributed by atoms with Crippen LogP contribution < -0.4 is 5.32 Å². The lowest BCUT2D eigenvalue weighted by molar-refractivity contribution is 0.127. The molecule has 1 heterocycles. The summed E-state index contributed by atoms with van der Waals surface area (Å²) in [5.74, 6) is 0. The van der Waals surface area contributed by atoms with Crippen LogP contribution in [-0.4, -0.2) is 49.6 Å². The standard InChI is InChI=1S/C17H28BrN3/c1-4-21-9-7-16(8-10-21)20(3)13-15-6-5-14(12-19-2)11-17(15)18/h5-6,11,16,19H,4,7-10,12-13H2,1-3H3. The van der Waals surface area contributed by atoms with Gasteiger partial charge in [-0.15, -0.1) is 0 Å². The molecule has 0 amide bonds. The Morgan fingerprint density at radius 2 is 2.05 bits per heavy atom. The Morgan fingerprint density at radius 1 is 1.33 bits per heavy atom. The van der Waals surface area contributed by atoms with Crippen LogP contribution in [0, 0.1) is 0 Å². The molecule has 1 N–H and O–H groups in total. The van der Waals surface area contributed by atoms with Crippen molar-refractivity contribution in [1.29, 1.82) is 0 Å². The van der Waals surface area contributed by atoms with Crippen molar-refractivity contribution in [1.82, 2.24) is 15.1 Å². The maximum absolute atomic E-state index is 3.73. The third-order valence-corrected chi connectivity index (χ3v) is 5.28. The van der Waals surface area contributed by atoms with E-state index < -0.39 is 0 Å². The molecule has 1 aliphatic heterocycles. The van der Waals surface area contributed by atoms with Crippen LogP contribution in [0.15, 0.2) is 22.7 Å². The molecule has 118 valence electrons. The second-order valence-corrected chi connectivity index (χ2v) is 6.89. The number of hydrogen-bond donors (Lipinski definition) is 1. The lowest BCUT2D eigenvalue weighted by Crippen LogP contribution is -2.42. The van der Waals surface area contributed by atoms with Crippen LogP contribution in [0.5, 0.6) is 0 Å². The lowest BCUT2D eigenvalue weighted by atomic mass is 10.0. The first-order chi connectivity index (χ1) is 10.1. The molecule has 3 nitrogen and oxygen atoms in total. The van der Waals surface area contributed by atoms with Crippen LogP contribution >= 0.6 is 15.9 Å². The first-order valence-corrected chi connectivity index (χ1v) is 8.77. The Morgan fingerprint density at radius 3 is 2.62 bits per heavy atom. The van der Waals surface area contributed by atoms with Crippen molar-refractivity contribution < 1.29 is 0 Å². The van der Waals surface area contributed by atoms with E-state index in [4.69, 9.17) is 0 Å². The molecule has 0 bridgehead atoms. The molecule has 1 fully saturated rings. The number of halogens is 1. The molecular weight excluding hydrogens is 326 g/mol. The SMILES string of the molecule is CCN1CCC(N(C)Cc2ccc(CNC)cc2Br)CC1. The van der Waals surface area contributed by atoms with E-state index in [9.17, 15) is 0 Å². The number of nitrogens with zero attached hydrogens (tertiary/aromatic N) is 2. The fourth-order valence-electron chi connectivity index (χ4n) is 3.11. The predicted molar refractivity (Wildman–Crippen MR) is 93.5 cm³/mol. The van der Waals surface area contributed by atoms with Gasteiger partial charge in [0.25, 0.3) is 0 Å². The minimum atomic E-state index is 0.719. The Labute approximate surface area is 137 Å². The highest BCUT2D eigenvalue weighted by atomic mass is 79.9. The van der Waals surface area contributed by atoms with Gasteiger partial charge in [-0.3, -0.25) is 4.90 Å². The number of piperidine rings is 1. The maximum Gasteiger partial charge on any atom is 0.0244 e. The van der Waals surface area contributed by atoms with E-state index in [0.717, 1.165) is 19.1 Å². The maximum atomic E-state index is 3.73. The van der Waals surface area contributed by atoms with E-state index in [-0.39, 0.29) is 0 Å². The molecule has 2 rings (SSSR count). The highest BCUT2D eigenvalue weighted by Gasteiger charge is 2.21. The molecule has 0 spiro atoms. The Bertz CT molecular complexity index is 442. The average molecular weight is 354 g/mol. The van der Waals surface area contributed by atoms with Gasteiger partial charge in [-0.25, -0.2) is 0 Å². The van der Waals surface area contributed by atoms with Gasteiger partial charge in [0.2, 0.25) is 0 Å². The van der Waals surface area contributed by atoms with Crippen molar-refractivity contribution in [2.24, 2.45) is 0 Å². The molecule has 0 radical (unpaired) electrons. The van der Waals surface area contributed by atoms with Crippen molar-refractivity contribution in [2.75, 3.05) is 33.7 Å². The third-order valence-electron chi connectivity index (χ3n) is 4.55. The van der Waals surface area contributed by atoms with Gasteiger partial charge < -0.3 is 10.2 Å². The molecule has 4 heteroatoms. The van der Waals surface area contributed by atoms with Crippen LogP contribution in [0.25, 0.3) is 0 Å². The fourth-order valence-corrected chi connectivity index (χ4v) is 3.66. The topological polar surface area (TPSA) is 18.5 Å². The Kier molecular flexibility index (Phi) is 6.68. The number of rotatable bonds is 6. The van der Waals surface area contributed by atoms with Crippen LogP contribution in [0.3, 0.4) is 0 Å². The van der Waals surface area contributed by atoms with E-state index >= 15 is 0 Å². The smallest absolute Gasteiger partial charge is 0.0244 e. The van der Waals surface area contributed by atoms with E-state index in [1.165, 1.54) is 48.1 Å². The summed E-state index contributed by atoms with van der Waals surface area (Å²) < 4.78 is 1.23. The fraction of sp³-hybridized carbons (Fsp3) is 0.647. The van der Waals surface area contributed by atoms with Gasteiger partial charge >= 0.3 is 0 Å². The van der Waals surface area contributed by atoms with E-state index in [0.29, 0.717) is 0 Å². The first-order valence-electron chi connectivity index (χ1n) is 7.98. The van der Waals surface area contributed by atoms with Gasteiger partial charge in [0.05, 0.1) is 0 Å². The summed E-state index contributed by atoms with van der Waals surface area (Å²) in [4.78, 5) is 5.07. The summed E-state index contributed by atoms with van der Waals surface area (Å²) in [5, 5.41) is 3.20. The van der Waals surface area contributed by atoms with Gasteiger partial charge in [-0.05, 0) is 63.8 Å². The molecule has 0 aliphatic carbocycles. The Balaban J connectivity index is 1.92. The predicted octanol–water partition coefficient (Wildman–Crippen LogP) is 3.08. The van der Waals surface area contributed by atoms with Crippen molar-refractivity contribution in [3.63, 3.8) is 0 Å². The van der Waals surface area contributed by atoms with Crippen molar-refractivity contribution in [3.05, 3.63) is 33.8 Å². The van der Waals surface area contributed by atoms with Gasteiger partial charge in [0.15, 0.2) is 0 Å². The largest absolute Gasteiger partial charge is 0.316 e. The Hall–Kier alpha value is -0.420. The zero-order valence-electron chi connectivity index (χ0n) is 13.5. The minimum Gasteiger partial charge on any atom is -0.316 e. The van der Waals surface area contributed by atoms with Crippen LogP contribution in [0.2, 0.25) is 0 Å². The molecular formula is C17H28BrN3. The number of likely N-dealkylation sites (tertiary alicyclic amines) is 1. The average Bonchev–Trinajstić information content (AvgIpc) is 2.50.